The van der Waals surface area contributed by atoms with Gasteiger partial charge in [0.15, 0.2) is 0 Å². The lowest BCUT2D eigenvalue weighted by Crippen LogP contribution is -2.29. The monoisotopic (exact) mass is 352 g/mol. The van der Waals surface area contributed by atoms with Gasteiger partial charge in [-0.3, -0.25) is 0 Å². The van der Waals surface area contributed by atoms with E-state index in [0.717, 1.165) is 29.6 Å². The van der Waals surface area contributed by atoms with Gasteiger partial charge in [-0.1, -0.05) is 64.2 Å². The summed E-state index contributed by atoms with van der Waals surface area (Å²) >= 11 is 0. The molecule has 3 aliphatic carbocycles. The van der Waals surface area contributed by atoms with E-state index in [1.807, 2.05) is 0 Å². The Hall–Kier alpha value is -0.780. The minimum atomic E-state index is 0.859. The molecule has 0 aromatic heterocycles. The molecule has 0 aliphatic heterocycles. The van der Waals surface area contributed by atoms with E-state index >= 15 is 0 Å². The Morgan fingerprint density at radius 2 is 1.73 bits per heavy atom. The largest absolute Gasteiger partial charge is 0.0654 e. The fourth-order valence-electron chi connectivity index (χ4n) is 6.46. The SMILES string of the molecule is CCCCCC1CCc2cc(C3CCC4CC(C)CCC4C3)ccc2C1. The van der Waals surface area contributed by atoms with Crippen LogP contribution in [-0.2, 0) is 12.8 Å². The van der Waals surface area contributed by atoms with Crippen LogP contribution in [0.2, 0.25) is 0 Å². The van der Waals surface area contributed by atoms with Gasteiger partial charge in [-0.25, -0.2) is 0 Å². The summed E-state index contributed by atoms with van der Waals surface area (Å²) in [4.78, 5) is 0. The van der Waals surface area contributed by atoms with Crippen molar-refractivity contribution in [1.82, 2.24) is 0 Å². The minimum Gasteiger partial charge on any atom is -0.0654 e. The molecule has 0 heterocycles. The number of aryl methyl sites for hydroxylation is 1. The van der Waals surface area contributed by atoms with E-state index in [1.54, 1.807) is 16.7 Å². The van der Waals surface area contributed by atoms with Crippen LogP contribution < -0.4 is 0 Å². The maximum absolute atomic E-state index is 2.63. The van der Waals surface area contributed by atoms with E-state index in [4.69, 9.17) is 0 Å². The van der Waals surface area contributed by atoms with Crippen molar-refractivity contribution in [2.45, 2.75) is 103 Å². The molecule has 3 aliphatic rings. The number of fused-ring (bicyclic) bond motifs is 2. The quantitative estimate of drug-likeness (QED) is 0.476. The van der Waals surface area contributed by atoms with Gasteiger partial charge in [-0.2, -0.15) is 0 Å². The fourth-order valence-corrected chi connectivity index (χ4v) is 6.46. The normalized spacial score (nSPS) is 34.2. The standard InChI is InChI=1S/C26H40/c1-3-4-5-6-20-8-10-24-18-26(14-12-22(24)16-20)25-13-11-21-15-19(2)7-9-23(21)17-25/h12,14,18-21,23,25H,3-11,13,15-17H2,1-2H3. The summed E-state index contributed by atoms with van der Waals surface area (Å²) in [6.07, 6.45) is 18.7. The van der Waals surface area contributed by atoms with Crippen LogP contribution in [0.3, 0.4) is 0 Å². The topological polar surface area (TPSA) is 0 Å². The third-order valence-electron chi connectivity index (χ3n) is 8.12. The Morgan fingerprint density at radius 1 is 0.885 bits per heavy atom. The van der Waals surface area contributed by atoms with E-state index in [-0.39, 0.29) is 0 Å². The lowest BCUT2D eigenvalue weighted by Gasteiger charge is -2.41. The van der Waals surface area contributed by atoms with Gasteiger partial charge in [0.05, 0.1) is 0 Å². The lowest BCUT2D eigenvalue weighted by atomic mass is 9.64. The maximum Gasteiger partial charge on any atom is -0.0159 e. The highest BCUT2D eigenvalue weighted by molar-refractivity contribution is 5.36. The van der Waals surface area contributed by atoms with Gasteiger partial charge in [0.25, 0.3) is 0 Å². The summed E-state index contributed by atoms with van der Waals surface area (Å²) in [7, 11) is 0. The lowest BCUT2D eigenvalue weighted by molar-refractivity contribution is 0.124. The van der Waals surface area contributed by atoms with Crippen molar-refractivity contribution >= 4 is 0 Å². The summed E-state index contributed by atoms with van der Waals surface area (Å²) in [6.45, 7) is 4.79. The Kier molecular flexibility index (Phi) is 6.07. The van der Waals surface area contributed by atoms with Crippen LogP contribution in [0, 0.1) is 23.7 Å². The van der Waals surface area contributed by atoms with Gasteiger partial charge in [0.2, 0.25) is 0 Å². The van der Waals surface area contributed by atoms with E-state index in [0.29, 0.717) is 0 Å². The molecule has 144 valence electrons. The highest BCUT2D eigenvalue weighted by Crippen LogP contribution is 2.47. The second kappa shape index (κ2) is 8.49. The summed E-state index contributed by atoms with van der Waals surface area (Å²) in [6, 6.07) is 7.67. The molecule has 0 radical (unpaired) electrons. The summed E-state index contributed by atoms with van der Waals surface area (Å²) in [5, 5.41) is 0. The number of hydrogen-bond acceptors (Lipinski definition) is 0. The molecular formula is C26H40. The van der Waals surface area contributed by atoms with Crippen molar-refractivity contribution in [2.75, 3.05) is 0 Å². The van der Waals surface area contributed by atoms with Gasteiger partial charge in [0.1, 0.15) is 0 Å². The molecule has 26 heavy (non-hydrogen) atoms. The molecule has 0 bridgehead atoms. The fraction of sp³-hybridized carbons (Fsp3) is 0.769. The van der Waals surface area contributed by atoms with E-state index < -0.39 is 0 Å². The molecule has 1 aromatic carbocycles. The zero-order valence-corrected chi connectivity index (χ0v) is 17.3. The molecule has 5 unspecified atom stereocenters. The van der Waals surface area contributed by atoms with Crippen molar-refractivity contribution < 1.29 is 0 Å². The molecule has 0 N–H and O–H groups in total. The predicted molar refractivity (Wildman–Crippen MR) is 113 cm³/mol. The first-order valence-corrected chi connectivity index (χ1v) is 11.8. The molecule has 0 nitrogen and oxygen atoms in total. The van der Waals surface area contributed by atoms with Crippen molar-refractivity contribution in [3.05, 3.63) is 34.9 Å². The molecule has 0 saturated heterocycles. The number of benzene rings is 1. The van der Waals surface area contributed by atoms with Crippen molar-refractivity contribution in [3.8, 4) is 0 Å². The Balaban J connectivity index is 1.37. The van der Waals surface area contributed by atoms with E-state index in [2.05, 4.69) is 32.0 Å². The maximum atomic E-state index is 2.63. The molecule has 1 aromatic rings. The van der Waals surface area contributed by atoms with Gasteiger partial charge >= 0.3 is 0 Å². The summed E-state index contributed by atoms with van der Waals surface area (Å²) in [5.74, 6) is 4.89. The molecule has 0 amide bonds. The molecule has 2 fully saturated rings. The van der Waals surface area contributed by atoms with Gasteiger partial charge in [0, 0.05) is 0 Å². The molecular weight excluding hydrogens is 312 g/mol. The predicted octanol–water partition coefficient (Wildman–Crippen LogP) is 7.69. The molecule has 0 spiro atoms. The second-order valence-corrected chi connectivity index (χ2v) is 10.1. The number of unbranched alkanes of at least 4 members (excludes halogenated alkanes) is 2. The van der Waals surface area contributed by atoms with Crippen molar-refractivity contribution in [3.63, 3.8) is 0 Å². The zero-order valence-electron chi connectivity index (χ0n) is 17.3. The Labute approximate surface area is 162 Å². The van der Waals surface area contributed by atoms with Gasteiger partial charge in [-0.15, -0.1) is 0 Å². The van der Waals surface area contributed by atoms with Crippen LogP contribution >= 0.6 is 0 Å². The summed E-state index contributed by atoms with van der Waals surface area (Å²) in [5.41, 5.74) is 5.07. The van der Waals surface area contributed by atoms with Crippen LogP contribution in [0.4, 0.5) is 0 Å². The molecule has 5 atom stereocenters. The molecule has 4 rings (SSSR count). The van der Waals surface area contributed by atoms with Crippen LogP contribution in [0.25, 0.3) is 0 Å². The second-order valence-electron chi connectivity index (χ2n) is 10.1. The van der Waals surface area contributed by atoms with Crippen molar-refractivity contribution in [1.29, 1.82) is 0 Å². The first-order chi connectivity index (χ1) is 12.7. The van der Waals surface area contributed by atoms with Gasteiger partial charge in [-0.05, 0) is 97.6 Å². The number of hydrogen-bond donors (Lipinski definition) is 0. The Bertz CT molecular complexity index is 586. The smallest absolute Gasteiger partial charge is 0.0159 e. The highest BCUT2D eigenvalue weighted by Gasteiger charge is 2.35. The van der Waals surface area contributed by atoms with E-state index in [1.165, 1.54) is 83.5 Å². The number of rotatable bonds is 5. The average Bonchev–Trinajstić information content (AvgIpc) is 2.67. The summed E-state index contributed by atoms with van der Waals surface area (Å²) < 4.78 is 0. The van der Waals surface area contributed by atoms with Crippen LogP contribution in [0.15, 0.2) is 18.2 Å². The van der Waals surface area contributed by atoms with Crippen LogP contribution in [-0.4, -0.2) is 0 Å². The first kappa shape index (κ1) is 18.6. The average molecular weight is 353 g/mol. The third kappa shape index (κ3) is 4.20. The first-order valence-electron chi connectivity index (χ1n) is 11.8. The van der Waals surface area contributed by atoms with Gasteiger partial charge < -0.3 is 0 Å². The van der Waals surface area contributed by atoms with E-state index in [9.17, 15) is 0 Å². The third-order valence-corrected chi connectivity index (χ3v) is 8.12. The molecule has 0 heteroatoms. The van der Waals surface area contributed by atoms with Crippen LogP contribution in [0.5, 0.6) is 0 Å². The highest BCUT2D eigenvalue weighted by atomic mass is 14.4. The van der Waals surface area contributed by atoms with Crippen LogP contribution in [0.1, 0.15) is 107 Å². The van der Waals surface area contributed by atoms with Crippen molar-refractivity contribution in [2.24, 2.45) is 23.7 Å². The Morgan fingerprint density at radius 3 is 2.62 bits per heavy atom. The minimum absolute atomic E-state index is 0.859. The zero-order chi connectivity index (χ0) is 17.9. The molecule has 2 saturated carbocycles.